The molecule has 2 aromatic rings. The van der Waals surface area contributed by atoms with Crippen LogP contribution in [0, 0.1) is 0 Å². The minimum atomic E-state index is -0.00607. The molecule has 2 aromatic heterocycles. The van der Waals surface area contributed by atoms with Crippen LogP contribution >= 0.6 is 0 Å². The summed E-state index contributed by atoms with van der Waals surface area (Å²) in [7, 11) is 0. The fourth-order valence-electron chi connectivity index (χ4n) is 4.32. The van der Waals surface area contributed by atoms with Crippen molar-refractivity contribution in [2.24, 2.45) is 0 Å². The molecule has 1 unspecified atom stereocenters. The van der Waals surface area contributed by atoms with Crippen molar-refractivity contribution in [3.63, 3.8) is 0 Å². The Labute approximate surface area is 166 Å². The lowest BCUT2D eigenvalue weighted by molar-refractivity contribution is -0.135. The first-order valence-electron chi connectivity index (χ1n) is 10.3. The van der Waals surface area contributed by atoms with Crippen LogP contribution in [-0.4, -0.2) is 52.5 Å². The quantitative estimate of drug-likeness (QED) is 0.766. The Bertz CT molecular complexity index is 729. The highest BCUT2D eigenvalue weighted by molar-refractivity contribution is 5.79. The average molecular weight is 383 g/mol. The maximum absolute atomic E-state index is 13.1. The van der Waals surface area contributed by atoms with E-state index >= 15 is 0 Å². The topological polar surface area (TPSA) is 58.8 Å². The van der Waals surface area contributed by atoms with E-state index in [1.807, 2.05) is 18.2 Å². The van der Waals surface area contributed by atoms with Crippen LogP contribution in [0.4, 0.5) is 0 Å². The number of ether oxygens (including phenoxy) is 1. The molecule has 4 rings (SSSR count). The van der Waals surface area contributed by atoms with E-state index in [1.54, 1.807) is 24.9 Å². The maximum Gasteiger partial charge on any atom is 0.237 e. The second kappa shape index (κ2) is 9.34. The molecule has 1 aliphatic carbocycles. The number of furan rings is 1. The molecule has 1 aliphatic heterocycles. The first-order valence-corrected chi connectivity index (χ1v) is 10.3. The van der Waals surface area contributed by atoms with Gasteiger partial charge in [0.15, 0.2) is 0 Å². The highest BCUT2D eigenvalue weighted by Crippen LogP contribution is 2.25. The van der Waals surface area contributed by atoms with Crippen molar-refractivity contribution in [2.45, 2.75) is 57.4 Å². The van der Waals surface area contributed by atoms with Crippen LogP contribution in [-0.2, 0) is 22.7 Å². The van der Waals surface area contributed by atoms with Crippen molar-refractivity contribution in [2.75, 3.05) is 19.6 Å². The molecule has 6 heteroatoms. The molecule has 3 heterocycles. The SMILES string of the molecule is O=C1CN(Cc2ccoc2)CC(OCc2ccncc2)CN1C1CCCCC1. The molecule has 1 atom stereocenters. The van der Waals surface area contributed by atoms with Crippen molar-refractivity contribution in [1.29, 1.82) is 0 Å². The number of carbonyl (C=O) groups is 1. The van der Waals surface area contributed by atoms with Gasteiger partial charge in [-0.05, 0) is 36.6 Å². The predicted molar refractivity (Wildman–Crippen MR) is 105 cm³/mol. The van der Waals surface area contributed by atoms with Crippen molar-refractivity contribution in [1.82, 2.24) is 14.8 Å². The highest BCUT2D eigenvalue weighted by Gasteiger charge is 2.33. The molecule has 2 fully saturated rings. The van der Waals surface area contributed by atoms with Gasteiger partial charge in [-0.3, -0.25) is 14.7 Å². The van der Waals surface area contributed by atoms with Gasteiger partial charge in [0.1, 0.15) is 0 Å². The first kappa shape index (κ1) is 19.2. The summed E-state index contributed by atoms with van der Waals surface area (Å²) in [6, 6.07) is 6.27. The van der Waals surface area contributed by atoms with Crippen LogP contribution < -0.4 is 0 Å². The van der Waals surface area contributed by atoms with Gasteiger partial charge in [-0.15, -0.1) is 0 Å². The molecule has 28 heavy (non-hydrogen) atoms. The van der Waals surface area contributed by atoms with Crippen molar-refractivity contribution in [3.05, 3.63) is 54.2 Å². The zero-order valence-corrected chi connectivity index (χ0v) is 16.3. The second-order valence-corrected chi connectivity index (χ2v) is 7.93. The molecule has 1 amide bonds. The summed E-state index contributed by atoms with van der Waals surface area (Å²) < 4.78 is 11.5. The first-order chi connectivity index (χ1) is 13.8. The van der Waals surface area contributed by atoms with Crippen LogP contribution in [0.1, 0.15) is 43.2 Å². The Kier molecular flexibility index (Phi) is 6.39. The summed E-state index contributed by atoms with van der Waals surface area (Å²) in [6.45, 7) is 3.10. The van der Waals surface area contributed by atoms with Crippen LogP contribution in [0.5, 0.6) is 0 Å². The van der Waals surface area contributed by atoms with Gasteiger partial charge in [-0.25, -0.2) is 0 Å². The molecule has 0 N–H and O–H groups in total. The Morgan fingerprint density at radius 2 is 1.89 bits per heavy atom. The number of hydrogen-bond donors (Lipinski definition) is 0. The minimum absolute atomic E-state index is 0.00607. The van der Waals surface area contributed by atoms with E-state index in [9.17, 15) is 4.79 Å². The highest BCUT2D eigenvalue weighted by atomic mass is 16.5. The number of carbonyl (C=O) groups excluding carboxylic acids is 1. The second-order valence-electron chi connectivity index (χ2n) is 7.93. The maximum atomic E-state index is 13.1. The Balaban J connectivity index is 1.46. The van der Waals surface area contributed by atoms with Crippen LogP contribution in [0.15, 0.2) is 47.5 Å². The van der Waals surface area contributed by atoms with Gasteiger partial charge in [-0.2, -0.15) is 0 Å². The molecule has 6 nitrogen and oxygen atoms in total. The normalized spacial score (nSPS) is 22.4. The molecule has 1 saturated carbocycles. The molecule has 2 aliphatic rings. The largest absolute Gasteiger partial charge is 0.472 e. The molecule has 0 spiro atoms. The summed E-state index contributed by atoms with van der Waals surface area (Å²) in [6.07, 6.45) is 13.0. The number of aromatic nitrogens is 1. The molecular formula is C22H29N3O3. The Hall–Kier alpha value is -2.18. The summed E-state index contributed by atoms with van der Waals surface area (Å²) >= 11 is 0. The van der Waals surface area contributed by atoms with Gasteiger partial charge >= 0.3 is 0 Å². The van der Waals surface area contributed by atoms with E-state index in [-0.39, 0.29) is 12.0 Å². The van der Waals surface area contributed by atoms with Gasteiger partial charge < -0.3 is 14.1 Å². The molecule has 0 bridgehead atoms. The zero-order valence-electron chi connectivity index (χ0n) is 16.3. The lowest BCUT2D eigenvalue weighted by Gasteiger charge is -2.35. The standard InChI is InChI=1S/C22H29N3O3/c26-22-15-24(12-19-8-11-27-16-19)13-21(28-17-18-6-9-23-10-7-18)14-25(22)20-4-2-1-3-5-20/h6-11,16,20-21H,1-5,12-15,17H2. The number of hydrogen-bond acceptors (Lipinski definition) is 5. The smallest absolute Gasteiger partial charge is 0.237 e. The number of amides is 1. The van der Waals surface area contributed by atoms with Crippen LogP contribution in [0.2, 0.25) is 0 Å². The summed E-state index contributed by atoms with van der Waals surface area (Å²) in [5.41, 5.74) is 2.20. The van der Waals surface area contributed by atoms with Crippen molar-refractivity contribution >= 4 is 5.91 Å². The zero-order chi connectivity index (χ0) is 19.2. The lowest BCUT2D eigenvalue weighted by atomic mass is 9.94. The molecule has 150 valence electrons. The van der Waals surface area contributed by atoms with E-state index in [0.29, 0.717) is 32.3 Å². The number of pyridine rings is 1. The van der Waals surface area contributed by atoms with Crippen molar-refractivity contribution in [3.8, 4) is 0 Å². The van der Waals surface area contributed by atoms with Crippen LogP contribution in [0.3, 0.4) is 0 Å². The molecule has 0 aromatic carbocycles. The minimum Gasteiger partial charge on any atom is -0.472 e. The Morgan fingerprint density at radius 3 is 2.64 bits per heavy atom. The molecular weight excluding hydrogens is 354 g/mol. The van der Waals surface area contributed by atoms with E-state index in [2.05, 4.69) is 14.8 Å². The summed E-state index contributed by atoms with van der Waals surface area (Å²) in [5.74, 6) is 0.227. The van der Waals surface area contributed by atoms with E-state index < -0.39 is 0 Å². The van der Waals surface area contributed by atoms with Gasteiger partial charge in [0.2, 0.25) is 5.91 Å². The lowest BCUT2D eigenvalue weighted by Crippen LogP contribution is -2.45. The third-order valence-corrected chi connectivity index (χ3v) is 5.78. The van der Waals surface area contributed by atoms with Gasteiger partial charge in [0.05, 0.1) is 31.8 Å². The third-order valence-electron chi connectivity index (χ3n) is 5.78. The average Bonchev–Trinajstić information content (AvgIpc) is 3.18. The fraction of sp³-hybridized carbons (Fsp3) is 0.545. The number of nitrogens with zero attached hydrogens (tertiary/aromatic N) is 3. The summed E-state index contributed by atoms with van der Waals surface area (Å²) in [4.78, 5) is 21.4. The fourth-order valence-corrected chi connectivity index (χ4v) is 4.32. The van der Waals surface area contributed by atoms with Gasteiger partial charge in [0.25, 0.3) is 0 Å². The van der Waals surface area contributed by atoms with E-state index in [4.69, 9.17) is 9.15 Å². The monoisotopic (exact) mass is 383 g/mol. The molecule has 1 saturated heterocycles. The van der Waals surface area contributed by atoms with Crippen LogP contribution in [0.25, 0.3) is 0 Å². The van der Waals surface area contributed by atoms with Gasteiger partial charge in [0, 0.05) is 43.6 Å². The Morgan fingerprint density at radius 1 is 1.07 bits per heavy atom. The van der Waals surface area contributed by atoms with E-state index in [0.717, 1.165) is 30.5 Å². The number of rotatable bonds is 6. The van der Waals surface area contributed by atoms with Crippen molar-refractivity contribution < 1.29 is 13.9 Å². The van der Waals surface area contributed by atoms with Gasteiger partial charge in [-0.1, -0.05) is 19.3 Å². The summed E-state index contributed by atoms with van der Waals surface area (Å²) in [5, 5.41) is 0. The molecule has 0 radical (unpaired) electrons. The third kappa shape index (κ3) is 5.00. The van der Waals surface area contributed by atoms with E-state index in [1.165, 1.54) is 19.3 Å². The predicted octanol–water partition coefficient (Wildman–Crippen LogP) is 3.24.